The van der Waals surface area contributed by atoms with E-state index in [1.54, 1.807) is 18.2 Å². The molecule has 1 saturated heterocycles. The number of hydrogen-bond donors (Lipinski definition) is 2. The zero-order valence-electron chi connectivity index (χ0n) is 12.3. The van der Waals surface area contributed by atoms with Crippen LogP contribution in [0, 0.1) is 5.41 Å². The second-order valence-electron chi connectivity index (χ2n) is 6.33. The fourth-order valence-corrected chi connectivity index (χ4v) is 2.92. The molecule has 4 nitrogen and oxygen atoms in total. The fraction of sp³-hybridized carbons (Fsp3) is 0.533. The lowest BCUT2D eigenvalue weighted by Crippen LogP contribution is -2.36. The molecule has 1 aromatic rings. The average molecular weight is 297 g/mol. The van der Waals surface area contributed by atoms with Crippen LogP contribution in [0.1, 0.15) is 39.7 Å². The van der Waals surface area contributed by atoms with Gasteiger partial charge in [0.15, 0.2) is 0 Å². The van der Waals surface area contributed by atoms with Crippen LogP contribution in [-0.2, 0) is 4.74 Å². The molecule has 1 heterocycles. The first-order chi connectivity index (χ1) is 9.11. The minimum Gasteiger partial charge on any atom is -0.487 e. The van der Waals surface area contributed by atoms with Gasteiger partial charge in [-0.3, -0.25) is 5.41 Å². The van der Waals surface area contributed by atoms with Gasteiger partial charge in [-0.15, -0.1) is 0 Å². The fourth-order valence-electron chi connectivity index (χ4n) is 2.65. The van der Waals surface area contributed by atoms with Gasteiger partial charge in [0.2, 0.25) is 0 Å². The average Bonchev–Trinajstić information content (AvgIpc) is 2.45. The van der Waals surface area contributed by atoms with Crippen LogP contribution in [0.25, 0.3) is 0 Å². The molecule has 0 amide bonds. The van der Waals surface area contributed by atoms with Gasteiger partial charge in [-0.1, -0.05) is 11.6 Å². The Morgan fingerprint density at radius 2 is 2.05 bits per heavy atom. The second kappa shape index (κ2) is 4.93. The Morgan fingerprint density at radius 1 is 1.40 bits per heavy atom. The monoisotopic (exact) mass is 296 g/mol. The summed E-state index contributed by atoms with van der Waals surface area (Å²) in [6.45, 7) is 8.17. The standard InChI is InChI=1S/C15H21ClN2O2/c1-14(2)8-12(15(3,4)20-14)19-9-5-6-10(13(17)18)11(16)7-9/h5-7,12H,8H2,1-4H3,(H3,17,18). The van der Waals surface area contributed by atoms with E-state index in [4.69, 9.17) is 32.2 Å². The SMILES string of the molecule is CC1(C)CC(Oc2ccc(C(=N)N)c(Cl)c2)C(C)(C)O1. The van der Waals surface area contributed by atoms with Crippen molar-refractivity contribution in [3.63, 3.8) is 0 Å². The number of hydrogen-bond acceptors (Lipinski definition) is 3. The van der Waals surface area contributed by atoms with Crippen LogP contribution in [0.3, 0.4) is 0 Å². The maximum absolute atomic E-state index is 7.42. The summed E-state index contributed by atoms with van der Waals surface area (Å²) < 4.78 is 12.0. The van der Waals surface area contributed by atoms with E-state index in [9.17, 15) is 0 Å². The van der Waals surface area contributed by atoms with Crippen molar-refractivity contribution in [2.75, 3.05) is 0 Å². The molecular weight excluding hydrogens is 276 g/mol. The van der Waals surface area contributed by atoms with E-state index in [2.05, 4.69) is 13.8 Å². The molecule has 1 fully saturated rings. The maximum Gasteiger partial charge on any atom is 0.130 e. The number of amidine groups is 1. The van der Waals surface area contributed by atoms with Crippen LogP contribution in [0.2, 0.25) is 5.02 Å². The Labute approximate surface area is 124 Å². The Bertz CT molecular complexity index is 541. The first-order valence-electron chi connectivity index (χ1n) is 6.61. The largest absolute Gasteiger partial charge is 0.487 e. The molecule has 20 heavy (non-hydrogen) atoms. The van der Waals surface area contributed by atoms with Crippen molar-refractivity contribution >= 4 is 17.4 Å². The summed E-state index contributed by atoms with van der Waals surface area (Å²) in [5.41, 5.74) is 5.41. The zero-order valence-corrected chi connectivity index (χ0v) is 13.0. The normalized spacial score (nSPS) is 23.6. The molecule has 1 atom stereocenters. The van der Waals surface area contributed by atoms with Gasteiger partial charge >= 0.3 is 0 Å². The highest BCUT2D eigenvalue weighted by atomic mass is 35.5. The molecule has 2 rings (SSSR count). The van der Waals surface area contributed by atoms with Crippen molar-refractivity contribution in [3.8, 4) is 5.75 Å². The van der Waals surface area contributed by atoms with E-state index in [1.165, 1.54) is 0 Å². The predicted molar refractivity (Wildman–Crippen MR) is 80.7 cm³/mol. The lowest BCUT2D eigenvalue weighted by Gasteiger charge is -2.27. The number of nitrogens with one attached hydrogen (secondary N) is 1. The summed E-state index contributed by atoms with van der Waals surface area (Å²) in [4.78, 5) is 0. The van der Waals surface area contributed by atoms with Gasteiger partial charge < -0.3 is 15.2 Å². The molecule has 5 heteroatoms. The van der Waals surface area contributed by atoms with Gasteiger partial charge in [-0.25, -0.2) is 0 Å². The molecule has 110 valence electrons. The van der Waals surface area contributed by atoms with Gasteiger partial charge in [-0.05, 0) is 45.9 Å². The number of rotatable bonds is 3. The quantitative estimate of drug-likeness (QED) is 0.664. The molecule has 0 aliphatic carbocycles. The molecule has 1 aliphatic heterocycles. The van der Waals surface area contributed by atoms with E-state index in [1.807, 2.05) is 13.8 Å². The van der Waals surface area contributed by atoms with Crippen molar-refractivity contribution in [1.82, 2.24) is 0 Å². The molecule has 0 spiro atoms. The lowest BCUT2D eigenvalue weighted by molar-refractivity contribution is -0.0846. The van der Waals surface area contributed by atoms with Gasteiger partial charge in [0.25, 0.3) is 0 Å². The number of nitrogen functional groups attached to an aromatic ring is 1. The van der Waals surface area contributed by atoms with Crippen molar-refractivity contribution in [3.05, 3.63) is 28.8 Å². The topological polar surface area (TPSA) is 68.3 Å². The summed E-state index contributed by atoms with van der Waals surface area (Å²) in [7, 11) is 0. The highest BCUT2D eigenvalue weighted by Gasteiger charge is 2.47. The number of ether oxygens (including phenoxy) is 2. The number of halogens is 1. The summed E-state index contributed by atoms with van der Waals surface area (Å²) >= 11 is 6.10. The minimum absolute atomic E-state index is 0.0447. The van der Waals surface area contributed by atoms with E-state index in [0.29, 0.717) is 16.3 Å². The zero-order chi connectivity index (χ0) is 15.1. The molecular formula is C15H21ClN2O2. The Kier molecular flexibility index (Phi) is 3.73. The molecule has 0 bridgehead atoms. The minimum atomic E-state index is -0.352. The summed E-state index contributed by atoms with van der Waals surface area (Å²) in [6, 6.07) is 5.18. The molecule has 1 aromatic carbocycles. The van der Waals surface area contributed by atoms with Crippen LogP contribution in [-0.4, -0.2) is 23.1 Å². The van der Waals surface area contributed by atoms with E-state index < -0.39 is 0 Å². The maximum atomic E-state index is 7.42. The van der Waals surface area contributed by atoms with Crippen molar-refractivity contribution in [2.24, 2.45) is 5.73 Å². The van der Waals surface area contributed by atoms with Gasteiger partial charge in [0, 0.05) is 12.0 Å². The lowest BCUT2D eigenvalue weighted by atomic mass is 9.97. The Balaban J connectivity index is 2.19. The first kappa shape index (κ1) is 15.1. The molecule has 1 aliphatic rings. The van der Waals surface area contributed by atoms with Crippen LogP contribution in [0.4, 0.5) is 0 Å². The summed E-state index contributed by atoms with van der Waals surface area (Å²) in [5.74, 6) is 0.617. The summed E-state index contributed by atoms with van der Waals surface area (Å²) in [5, 5.41) is 7.84. The van der Waals surface area contributed by atoms with E-state index in [-0.39, 0.29) is 23.1 Å². The molecule has 1 unspecified atom stereocenters. The van der Waals surface area contributed by atoms with Crippen LogP contribution in [0.5, 0.6) is 5.75 Å². The molecule has 0 saturated carbocycles. The van der Waals surface area contributed by atoms with Crippen LogP contribution < -0.4 is 10.5 Å². The summed E-state index contributed by atoms with van der Waals surface area (Å²) in [6.07, 6.45) is 0.767. The predicted octanol–water partition coefficient (Wildman–Crippen LogP) is 3.35. The third-order valence-corrected chi connectivity index (χ3v) is 3.81. The molecule has 0 radical (unpaired) electrons. The first-order valence-corrected chi connectivity index (χ1v) is 6.99. The van der Waals surface area contributed by atoms with E-state index >= 15 is 0 Å². The highest BCUT2D eigenvalue weighted by Crippen LogP contribution is 2.39. The Morgan fingerprint density at radius 3 is 2.50 bits per heavy atom. The third kappa shape index (κ3) is 3.07. The smallest absolute Gasteiger partial charge is 0.130 e. The molecule has 3 N–H and O–H groups in total. The Hall–Kier alpha value is -1.26. The van der Waals surface area contributed by atoms with Crippen LogP contribution in [0.15, 0.2) is 18.2 Å². The van der Waals surface area contributed by atoms with E-state index in [0.717, 1.165) is 6.42 Å². The number of nitrogens with two attached hydrogens (primary N) is 1. The van der Waals surface area contributed by atoms with Gasteiger partial charge in [-0.2, -0.15) is 0 Å². The van der Waals surface area contributed by atoms with Crippen molar-refractivity contribution < 1.29 is 9.47 Å². The van der Waals surface area contributed by atoms with Crippen molar-refractivity contribution in [2.45, 2.75) is 51.4 Å². The van der Waals surface area contributed by atoms with Gasteiger partial charge in [0.1, 0.15) is 23.3 Å². The molecule has 0 aromatic heterocycles. The second-order valence-corrected chi connectivity index (χ2v) is 6.74. The van der Waals surface area contributed by atoms with Gasteiger partial charge in [0.05, 0.1) is 10.6 Å². The number of benzene rings is 1. The highest BCUT2D eigenvalue weighted by molar-refractivity contribution is 6.34. The van der Waals surface area contributed by atoms with Crippen molar-refractivity contribution in [1.29, 1.82) is 5.41 Å². The third-order valence-electron chi connectivity index (χ3n) is 3.50. The van der Waals surface area contributed by atoms with Crippen LogP contribution >= 0.6 is 11.6 Å².